The highest BCUT2D eigenvalue weighted by molar-refractivity contribution is 5.87. The van der Waals surface area contributed by atoms with Crippen LogP contribution in [0.5, 0.6) is 5.75 Å². The van der Waals surface area contributed by atoms with Crippen LogP contribution in [0.3, 0.4) is 0 Å². The lowest BCUT2D eigenvalue weighted by atomic mass is 10.2. The van der Waals surface area contributed by atoms with Crippen LogP contribution >= 0.6 is 0 Å². The van der Waals surface area contributed by atoms with Crippen molar-refractivity contribution in [3.8, 4) is 5.75 Å². The van der Waals surface area contributed by atoms with Crippen LogP contribution in [-0.2, 0) is 11.3 Å². The monoisotopic (exact) mass is 273 g/mol. The van der Waals surface area contributed by atoms with Crippen LogP contribution in [0, 0.1) is 0 Å². The Kier molecular flexibility index (Phi) is 4.45. The number of benzene rings is 1. The Bertz CT molecular complexity index is 640. The van der Waals surface area contributed by atoms with E-state index in [1.54, 1.807) is 6.08 Å². The lowest BCUT2D eigenvalue weighted by molar-refractivity contribution is -0.132. The quantitative estimate of drug-likeness (QED) is 0.820. The summed E-state index contributed by atoms with van der Waals surface area (Å²) < 4.78 is 7.62. The number of hydrogen-bond acceptors (Lipinski definition) is 2. The topological polar surface area (TPSA) is 51.5 Å². The number of ether oxygens (including phenoxy) is 1. The van der Waals surface area contributed by atoms with Gasteiger partial charge in [0.1, 0.15) is 5.75 Å². The first-order valence-corrected chi connectivity index (χ1v) is 6.80. The number of carboxylic acid groups (broad SMARTS) is 1. The molecule has 0 saturated carbocycles. The van der Waals surface area contributed by atoms with Crippen LogP contribution in [0.25, 0.3) is 10.9 Å². The molecule has 0 aliphatic rings. The van der Waals surface area contributed by atoms with Gasteiger partial charge in [-0.05, 0) is 31.5 Å². The smallest absolute Gasteiger partial charge is 0.331 e. The standard InChI is InChI=1S/C16H19NO3/c1-3-12(16(18)19)8-10-17-11-9-13-14(17)6-5-7-15(13)20-4-2/h5-9,11H,3-4,10H2,1-2H3,(H,18,19)/b12-8-. The number of nitrogens with zero attached hydrogens (tertiary/aromatic N) is 1. The third kappa shape index (κ3) is 2.85. The average molecular weight is 273 g/mol. The molecule has 0 bridgehead atoms. The summed E-state index contributed by atoms with van der Waals surface area (Å²) in [7, 11) is 0. The number of hydrogen-bond donors (Lipinski definition) is 1. The van der Waals surface area contributed by atoms with E-state index in [0.29, 0.717) is 25.1 Å². The van der Waals surface area contributed by atoms with E-state index in [4.69, 9.17) is 9.84 Å². The second-order valence-corrected chi connectivity index (χ2v) is 4.48. The molecule has 1 heterocycles. The molecule has 0 atom stereocenters. The van der Waals surface area contributed by atoms with Gasteiger partial charge in [0.05, 0.1) is 12.1 Å². The molecular weight excluding hydrogens is 254 g/mol. The fourth-order valence-electron chi connectivity index (χ4n) is 2.23. The number of rotatable bonds is 6. The molecule has 2 rings (SSSR count). The summed E-state index contributed by atoms with van der Waals surface area (Å²) >= 11 is 0. The maximum Gasteiger partial charge on any atom is 0.331 e. The number of aliphatic carboxylic acids is 1. The molecule has 0 saturated heterocycles. The van der Waals surface area contributed by atoms with Crippen molar-refractivity contribution in [1.82, 2.24) is 4.57 Å². The average Bonchev–Trinajstić information content (AvgIpc) is 2.84. The SMILES string of the molecule is CCOc1cccc2c1ccn2C/C=C(/CC)C(=O)O. The zero-order valence-electron chi connectivity index (χ0n) is 11.8. The Morgan fingerprint density at radius 1 is 1.35 bits per heavy atom. The van der Waals surface area contributed by atoms with E-state index in [0.717, 1.165) is 16.7 Å². The fourth-order valence-corrected chi connectivity index (χ4v) is 2.23. The van der Waals surface area contributed by atoms with Crippen molar-refractivity contribution >= 4 is 16.9 Å². The molecule has 0 fully saturated rings. The third-order valence-electron chi connectivity index (χ3n) is 3.26. The number of allylic oxidation sites excluding steroid dienone is 1. The molecule has 106 valence electrons. The van der Waals surface area contributed by atoms with E-state index in [9.17, 15) is 4.79 Å². The minimum Gasteiger partial charge on any atom is -0.493 e. The molecule has 0 radical (unpaired) electrons. The Balaban J connectivity index is 2.32. The lowest BCUT2D eigenvalue weighted by Gasteiger charge is -2.06. The number of carbonyl (C=O) groups is 1. The normalized spacial score (nSPS) is 11.8. The molecular formula is C16H19NO3. The fraction of sp³-hybridized carbons (Fsp3) is 0.312. The van der Waals surface area contributed by atoms with Crippen molar-refractivity contribution in [3.63, 3.8) is 0 Å². The second kappa shape index (κ2) is 6.28. The molecule has 0 unspecified atom stereocenters. The van der Waals surface area contributed by atoms with Gasteiger partial charge < -0.3 is 14.4 Å². The Labute approximate surface area is 118 Å². The van der Waals surface area contributed by atoms with Gasteiger partial charge in [0, 0.05) is 23.7 Å². The van der Waals surface area contributed by atoms with Crippen LogP contribution in [0.2, 0.25) is 0 Å². The predicted octanol–water partition coefficient (Wildman–Crippen LogP) is 3.46. The van der Waals surface area contributed by atoms with Gasteiger partial charge in [-0.2, -0.15) is 0 Å². The first-order chi connectivity index (χ1) is 9.67. The molecule has 4 nitrogen and oxygen atoms in total. The van der Waals surface area contributed by atoms with Gasteiger partial charge in [0.25, 0.3) is 0 Å². The molecule has 0 amide bonds. The molecule has 0 aliphatic carbocycles. The van der Waals surface area contributed by atoms with Gasteiger partial charge in [-0.25, -0.2) is 4.79 Å². The van der Waals surface area contributed by atoms with E-state index in [2.05, 4.69) is 0 Å². The summed E-state index contributed by atoms with van der Waals surface area (Å²) in [6.07, 6.45) is 4.24. The molecule has 2 aromatic rings. The lowest BCUT2D eigenvalue weighted by Crippen LogP contribution is -2.02. The summed E-state index contributed by atoms with van der Waals surface area (Å²) in [6, 6.07) is 7.91. The minimum absolute atomic E-state index is 0.438. The van der Waals surface area contributed by atoms with Gasteiger partial charge in [-0.3, -0.25) is 0 Å². The van der Waals surface area contributed by atoms with Gasteiger partial charge in [-0.15, -0.1) is 0 Å². The highest BCUT2D eigenvalue weighted by Crippen LogP contribution is 2.26. The van der Waals surface area contributed by atoms with Crippen molar-refractivity contribution in [2.75, 3.05) is 6.61 Å². The Hall–Kier alpha value is -2.23. The van der Waals surface area contributed by atoms with Crippen molar-refractivity contribution in [2.24, 2.45) is 0 Å². The maximum atomic E-state index is 11.0. The van der Waals surface area contributed by atoms with Crippen molar-refractivity contribution in [3.05, 3.63) is 42.1 Å². The number of aromatic nitrogens is 1. The van der Waals surface area contributed by atoms with Gasteiger partial charge in [0.15, 0.2) is 0 Å². The summed E-state index contributed by atoms with van der Waals surface area (Å²) in [5.41, 5.74) is 1.49. The third-order valence-corrected chi connectivity index (χ3v) is 3.26. The largest absolute Gasteiger partial charge is 0.493 e. The van der Waals surface area contributed by atoms with Crippen LogP contribution in [0.4, 0.5) is 0 Å². The molecule has 0 aliphatic heterocycles. The highest BCUT2D eigenvalue weighted by Gasteiger charge is 2.07. The summed E-state index contributed by atoms with van der Waals surface area (Å²) in [5, 5.41) is 10.1. The molecule has 1 aromatic carbocycles. The summed E-state index contributed by atoms with van der Waals surface area (Å²) in [6.45, 7) is 4.98. The van der Waals surface area contributed by atoms with Gasteiger partial charge in [-0.1, -0.05) is 19.1 Å². The Morgan fingerprint density at radius 3 is 2.80 bits per heavy atom. The van der Waals surface area contributed by atoms with Gasteiger partial charge >= 0.3 is 5.97 Å². The van der Waals surface area contributed by atoms with E-state index in [-0.39, 0.29) is 0 Å². The highest BCUT2D eigenvalue weighted by atomic mass is 16.5. The predicted molar refractivity (Wildman–Crippen MR) is 79.1 cm³/mol. The van der Waals surface area contributed by atoms with Crippen molar-refractivity contribution in [2.45, 2.75) is 26.8 Å². The van der Waals surface area contributed by atoms with Crippen molar-refractivity contribution < 1.29 is 14.6 Å². The first kappa shape index (κ1) is 14.2. The van der Waals surface area contributed by atoms with Gasteiger partial charge in [0.2, 0.25) is 0 Å². The summed E-state index contributed by atoms with van der Waals surface area (Å²) in [5.74, 6) is 0.0145. The van der Waals surface area contributed by atoms with E-state index >= 15 is 0 Å². The van der Waals surface area contributed by atoms with E-state index in [1.807, 2.05) is 48.9 Å². The first-order valence-electron chi connectivity index (χ1n) is 6.80. The van der Waals surface area contributed by atoms with Crippen molar-refractivity contribution in [1.29, 1.82) is 0 Å². The Morgan fingerprint density at radius 2 is 2.15 bits per heavy atom. The zero-order chi connectivity index (χ0) is 14.5. The maximum absolute atomic E-state index is 11.0. The van der Waals surface area contributed by atoms with E-state index in [1.165, 1.54) is 0 Å². The summed E-state index contributed by atoms with van der Waals surface area (Å²) in [4.78, 5) is 11.0. The van der Waals surface area contributed by atoms with Crippen LogP contribution in [0.1, 0.15) is 20.3 Å². The minimum atomic E-state index is -0.848. The number of carboxylic acids is 1. The number of fused-ring (bicyclic) bond motifs is 1. The second-order valence-electron chi connectivity index (χ2n) is 4.48. The van der Waals surface area contributed by atoms with E-state index < -0.39 is 5.97 Å². The van der Waals surface area contributed by atoms with Crippen LogP contribution < -0.4 is 4.74 Å². The molecule has 4 heteroatoms. The van der Waals surface area contributed by atoms with Crippen LogP contribution in [0.15, 0.2) is 42.1 Å². The zero-order valence-corrected chi connectivity index (χ0v) is 11.8. The molecule has 1 N–H and O–H groups in total. The molecule has 0 spiro atoms. The molecule has 1 aromatic heterocycles. The van der Waals surface area contributed by atoms with Crippen LogP contribution in [-0.4, -0.2) is 22.2 Å². The molecule has 20 heavy (non-hydrogen) atoms.